The summed E-state index contributed by atoms with van der Waals surface area (Å²) in [5.41, 5.74) is 4.28. The Hall–Kier alpha value is -2.53. The Balaban J connectivity index is 2.43. The highest BCUT2D eigenvalue weighted by Gasteiger charge is 2.37. The zero-order chi connectivity index (χ0) is 20.6. The number of rotatable bonds is 4. The van der Waals surface area contributed by atoms with Gasteiger partial charge in [-0.3, -0.25) is 9.56 Å². The molecule has 28 heavy (non-hydrogen) atoms. The standard InChI is InChI=1S/C23H28N4S/c1-9-11-13-17(12-10-2)19-18-14(3)15(4)28-22(18)27-16(5)25-26-21(27)20(24-19)23(6,7)8/h9-13,20H,1-2H2,3-8H3/b13-11-,17-12+. The third kappa shape index (κ3) is 3.35. The molecule has 0 amide bonds. The van der Waals surface area contributed by atoms with Gasteiger partial charge in [-0.1, -0.05) is 64.3 Å². The molecule has 0 radical (unpaired) electrons. The smallest absolute Gasteiger partial charge is 0.163 e. The van der Waals surface area contributed by atoms with E-state index in [4.69, 9.17) is 4.99 Å². The van der Waals surface area contributed by atoms with Gasteiger partial charge in [0.2, 0.25) is 0 Å². The van der Waals surface area contributed by atoms with Gasteiger partial charge in [0, 0.05) is 16.0 Å². The highest BCUT2D eigenvalue weighted by Crippen LogP contribution is 2.43. The molecule has 5 heteroatoms. The third-order valence-electron chi connectivity index (χ3n) is 4.96. The van der Waals surface area contributed by atoms with Crippen LogP contribution in [0, 0.1) is 26.2 Å². The molecule has 0 spiro atoms. The van der Waals surface area contributed by atoms with E-state index in [9.17, 15) is 0 Å². The number of allylic oxidation sites excluding steroid dienone is 6. The fraction of sp³-hybridized carbons (Fsp3) is 0.348. The van der Waals surface area contributed by atoms with E-state index in [1.54, 1.807) is 17.4 Å². The molecule has 0 aromatic carbocycles. The topological polar surface area (TPSA) is 43.1 Å². The largest absolute Gasteiger partial charge is 0.272 e. The first kappa shape index (κ1) is 20.2. The molecule has 2 aromatic rings. The summed E-state index contributed by atoms with van der Waals surface area (Å²) in [6, 6.07) is -0.117. The van der Waals surface area contributed by atoms with Crippen molar-refractivity contribution in [3.8, 4) is 5.00 Å². The van der Waals surface area contributed by atoms with Crippen LogP contribution in [0.3, 0.4) is 0 Å². The molecule has 1 atom stereocenters. The zero-order valence-electron chi connectivity index (χ0n) is 17.6. The van der Waals surface area contributed by atoms with Gasteiger partial charge in [-0.25, -0.2) is 0 Å². The van der Waals surface area contributed by atoms with E-state index in [0.29, 0.717) is 0 Å². The number of hydrogen-bond acceptors (Lipinski definition) is 4. The Labute approximate surface area is 171 Å². The van der Waals surface area contributed by atoms with Crippen LogP contribution in [0.4, 0.5) is 0 Å². The number of nitrogens with zero attached hydrogens (tertiary/aromatic N) is 4. The van der Waals surface area contributed by atoms with Crippen molar-refractivity contribution in [3.63, 3.8) is 0 Å². The second-order valence-corrected chi connectivity index (χ2v) is 9.31. The minimum atomic E-state index is -0.117. The van der Waals surface area contributed by atoms with E-state index in [-0.39, 0.29) is 11.5 Å². The van der Waals surface area contributed by atoms with Crippen LogP contribution in [-0.4, -0.2) is 20.5 Å². The van der Waals surface area contributed by atoms with Gasteiger partial charge in [0.05, 0.1) is 5.71 Å². The van der Waals surface area contributed by atoms with E-state index in [1.165, 1.54) is 10.4 Å². The summed E-state index contributed by atoms with van der Waals surface area (Å²) in [4.78, 5) is 6.56. The normalized spacial score (nSPS) is 17.1. The van der Waals surface area contributed by atoms with Gasteiger partial charge in [0.25, 0.3) is 0 Å². The summed E-state index contributed by atoms with van der Waals surface area (Å²) >= 11 is 1.77. The monoisotopic (exact) mass is 392 g/mol. The quantitative estimate of drug-likeness (QED) is 0.599. The lowest BCUT2D eigenvalue weighted by Gasteiger charge is -2.26. The molecule has 0 aliphatic carbocycles. The molecular weight excluding hydrogens is 364 g/mol. The first-order valence-corrected chi connectivity index (χ1v) is 10.2. The van der Waals surface area contributed by atoms with Gasteiger partial charge in [0.1, 0.15) is 16.9 Å². The molecule has 0 saturated heterocycles. The summed E-state index contributed by atoms with van der Waals surface area (Å²) in [7, 11) is 0. The molecule has 0 N–H and O–H groups in total. The van der Waals surface area contributed by atoms with Crippen molar-refractivity contribution >= 4 is 17.0 Å². The van der Waals surface area contributed by atoms with Gasteiger partial charge in [0.15, 0.2) is 5.82 Å². The molecule has 1 aliphatic heterocycles. The lowest BCUT2D eigenvalue weighted by atomic mass is 9.86. The van der Waals surface area contributed by atoms with Crippen molar-refractivity contribution in [2.75, 3.05) is 0 Å². The molecule has 0 bridgehead atoms. The van der Waals surface area contributed by atoms with E-state index in [2.05, 4.69) is 62.5 Å². The number of fused-ring (bicyclic) bond motifs is 3. The number of hydrogen-bond donors (Lipinski definition) is 0. The Morgan fingerprint density at radius 2 is 1.82 bits per heavy atom. The maximum Gasteiger partial charge on any atom is 0.163 e. The molecule has 3 rings (SSSR count). The molecular formula is C23H28N4S. The van der Waals surface area contributed by atoms with Crippen molar-refractivity contribution in [2.45, 2.75) is 47.6 Å². The van der Waals surface area contributed by atoms with Crippen LogP contribution in [0.15, 0.2) is 54.1 Å². The summed E-state index contributed by atoms with van der Waals surface area (Å²) in [6.45, 7) is 20.6. The third-order valence-corrected chi connectivity index (χ3v) is 6.15. The maximum absolute atomic E-state index is 5.29. The minimum Gasteiger partial charge on any atom is -0.272 e. The highest BCUT2D eigenvalue weighted by molar-refractivity contribution is 7.15. The summed E-state index contributed by atoms with van der Waals surface area (Å²) in [5, 5.41) is 10.1. The summed E-state index contributed by atoms with van der Waals surface area (Å²) in [6.07, 6.45) is 9.58. The lowest BCUT2D eigenvalue weighted by Crippen LogP contribution is -2.20. The first-order valence-electron chi connectivity index (χ1n) is 9.43. The first-order chi connectivity index (χ1) is 13.2. The van der Waals surface area contributed by atoms with Crippen LogP contribution in [0.5, 0.6) is 0 Å². The van der Waals surface area contributed by atoms with Crippen LogP contribution in [0.2, 0.25) is 0 Å². The van der Waals surface area contributed by atoms with Crippen LogP contribution in [-0.2, 0) is 0 Å². The minimum absolute atomic E-state index is 0.110. The van der Waals surface area contributed by atoms with Crippen LogP contribution in [0.25, 0.3) is 5.00 Å². The molecule has 4 nitrogen and oxygen atoms in total. The summed E-state index contributed by atoms with van der Waals surface area (Å²) < 4.78 is 2.19. The van der Waals surface area contributed by atoms with E-state index < -0.39 is 0 Å². The van der Waals surface area contributed by atoms with Gasteiger partial charge in [-0.05, 0) is 31.7 Å². The van der Waals surface area contributed by atoms with Crippen molar-refractivity contribution in [3.05, 3.63) is 76.8 Å². The highest BCUT2D eigenvalue weighted by atomic mass is 32.1. The second kappa shape index (κ2) is 7.47. The lowest BCUT2D eigenvalue weighted by molar-refractivity contribution is 0.315. The van der Waals surface area contributed by atoms with Crippen LogP contribution < -0.4 is 0 Å². The number of aromatic nitrogens is 3. The average molecular weight is 393 g/mol. The fourth-order valence-corrected chi connectivity index (χ4v) is 4.63. The van der Waals surface area contributed by atoms with Crippen LogP contribution in [0.1, 0.15) is 54.5 Å². The van der Waals surface area contributed by atoms with E-state index in [0.717, 1.165) is 33.5 Å². The maximum atomic E-state index is 5.29. The molecule has 2 aromatic heterocycles. The van der Waals surface area contributed by atoms with Gasteiger partial charge in [-0.15, -0.1) is 21.5 Å². The predicted molar refractivity (Wildman–Crippen MR) is 120 cm³/mol. The molecule has 1 aliphatic rings. The Kier molecular flexibility index (Phi) is 5.39. The van der Waals surface area contributed by atoms with Crippen molar-refractivity contribution < 1.29 is 0 Å². The van der Waals surface area contributed by atoms with Crippen molar-refractivity contribution in [1.29, 1.82) is 0 Å². The summed E-state index contributed by atoms with van der Waals surface area (Å²) in [5.74, 6) is 1.78. The molecule has 1 unspecified atom stereocenters. The van der Waals surface area contributed by atoms with Crippen molar-refractivity contribution in [1.82, 2.24) is 14.8 Å². The molecule has 0 saturated carbocycles. The van der Waals surface area contributed by atoms with Gasteiger partial charge < -0.3 is 0 Å². The molecule has 3 heterocycles. The number of aliphatic imine (C=N–C) groups is 1. The Bertz CT molecular complexity index is 1020. The zero-order valence-corrected chi connectivity index (χ0v) is 18.4. The molecule has 146 valence electrons. The number of aryl methyl sites for hydroxylation is 2. The Morgan fingerprint density at radius 1 is 1.11 bits per heavy atom. The van der Waals surface area contributed by atoms with Gasteiger partial charge >= 0.3 is 0 Å². The molecule has 0 fully saturated rings. The predicted octanol–water partition coefficient (Wildman–Crippen LogP) is 6.00. The van der Waals surface area contributed by atoms with Gasteiger partial charge in [-0.2, -0.15) is 0 Å². The van der Waals surface area contributed by atoms with E-state index in [1.807, 2.05) is 31.2 Å². The second-order valence-electron chi connectivity index (χ2n) is 8.10. The van der Waals surface area contributed by atoms with Crippen molar-refractivity contribution in [2.24, 2.45) is 10.4 Å². The fourth-order valence-electron chi connectivity index (χ4n) is 3.42. The SMILES string of the molecule is C=C/C=C\C(=C/C=C)C1=NC(C(C)(C)C)c2nnc(C)n2-c2sc(C)c(C)c21. The van der Waals surface area contributed by atoms with E-state index >= 15 is 0 Å². The number of thiophene rings is 1. The average Bonchev–Trinajstić information content (AvgIpc) is 3.07. The van der Waals surface area contributed by atoms with Crippen LogP contribution >= 0.6 is 11.3 Å². The Morgan fingerprint density at radius 3 is 2.43 bits per heavy atom.